The van der Waals surface area contributed by atoms with Crippen molar-refractivity contribution in [1.29, 1.82) is 0 Å². The number of ether oxygens (including phenoxy) is 3. The third-order valence-corrected chi connectivity index (χ3v) is 5.82. The van der Waals surface area contributed by atoms with Crippen LogP contribution in [0.15, 0.2) is 72.9 Å². The van der Waals surface area contributed by atoms with Gasteiger partial charge >= 0.3 is 0 Å². The van der Waals surface area contributed by atoms with Gasteiger partial charge < -0.3 is 24.5 Å². The van der Waals surface area contributed by atoms with Crippen molar-refractivity contribution >= 4 is 16.8 Å². The van der Waals surface area contributed by atoms with E-state index in [1.54, 1.807) is 21.3 Å². The van der Waals surface area contributed by atoms with Crippen LogP contribution in [0, 0.1) is 0 Å². The molecule has 170 valence electrons. The molecule has 6 nitrogen and oxygen atoms in total. The number of carbonyl (C=O) groups is 1. The van der Waals surface area contributed by atoms with Gasteiger partial charge in [0.25, 0.3) is 0 Å². The van der Waals surface area contributed by atoms with Crippen LogP contribution in [0.2, 0.25) is 0 Å². The molecule has 1 aromatic heterocycles. The normalized spacial score (nSPS) is 11.7. The van der Waals surface area contributed by atoms with Crippen LogP contribution in [-0.4, -0.2) is 32.2 Å². The quantitative estimate of drug-likeness (QED) is 0.380. The smallest absolute Gasteiger partial charge is 0.221 e. The number of methoxy groups -OCH3 is 3. The highest BCUT2D eigenvalue weighted by atomic mass is 16.5. The van der Waals surface area contributed by atoms with Crippen LogP contribution in [0.5, 0.6) is 17.2 Å². The first kappa shape index (κ1) is 22.3. The Balaban J connectivity index is 1.58. The molecular weight excluding hydrogens is 416 g/mol. The van der Waals surface area contributed by atoms with Crippen LogP contribution >= 0.6 is 0 Å². The number of hydrogen-bond acceptors (Lipinski definition) is 4. The molecule has 0 fully saturated rings. The molecule has 0 saturated carbocycles. The summed E-state index contributed by atoms with van der Waals surface area (Å²) in [6.07, 6.45) is 2.29. The zero-order chi connectivity index (χ0) is 23.2. The highest BCUT2D eigenvalue weighted by molar-refractivity contribution is 5.91. The van der Waals surface area contributed by atoms with Gasteiger partial charge in [0, 0.05) is 36.0 Å². The molecule has 1 unspecified atom stereocenters. The molecule has 0 aliphatic carbocycles. The molecule has 1 amide bonds. The number of benzene rings is 3. The topological polar surface area (TPSA) is 72.6 Å². The number of aromatic nitrogens is 1. The fourth-order valence-electron chi connectivity index (χ4n) is 4.16. The lowest BCUT2D eigenvalue weighted by molar-refractivity contribution is -0.121. The second kappa shape index (κ2) is 10.1. The summed E-state index contributed by atoms with van der Waals surface area (Å²) in [6.45, 7) is 0.401. The molecule has 4 rings (SSSR count). The van der Waals surface area contributed by atoms with Gasteiger partial charge in [-0.15, -0.1) is 0 Å². The number of rotatable bonds is 9. The van der Waals surface area contributed by atoms with Crippen LogP contribution in [0.3, 0.4) is 0 Å². The van der Waals surface area contributed by atoms with Gasteiger partial charge in [-0.2, -0.15) is 0 Å². The Kier molecular flexibility index (Phi) is 6.83. The van der Waals surface area contributed by atoms with Crippen molar-refractivity contribution in [2.45, 2.75) is 18.9 Å². The summed E-state index contributed by atoms with van der Waals surface area (Å²) in [5, 5.41) is 4.05. The second-order valence-electron chi connectivity index (χ2n) is 7.76. The maximum absolute atomic E-state index is 13.1. The number of aromatic amines is 1. The van der Waals surface area contributed by atoms with Gasteiger partial charge in [-0.05, 0) is 41.0 Å². The lowest BCUT2D eigenvalue weighted by Crippen LogP contribution is -2.25. The van der Waals surface area contributed by atoms with Gasteiger partial charge in [0.15, 0.2) is 11.5 Å². The van der Waals surface area contributed by atoms with Gasteiger partial charge in [0.2, 0.25) is 5.91 Å². The number of carbonyl (C=O) groups excluding carboxylic acids is 1. The lowest BCUT2D eigenvalue weighted by Gasteiger charge is -2.18. The molecule has 0 aliphatic rings. The van der Waals surface area contributed by atoms with E-state index in [2.05, 4.69) is 22.4 Å². The Morgan fingerprint density at radius 2 is 1.64 bits per heavy atom. The maximum atomic E-state index is 13.1. The molecule has 33 heavy (non-hydrogen) atoms. The van der Waals surface area contributed by atoms with Crippen molar-refractivity contribution in [2.75, 3.05) is 21.3 Å². The first-order chi connectivity index (χ1) is 16.1. The standard InChI is InChI=1S/C27H28N2O4/c1-31-23-13-12-18(14-25(23)33-3)16-29-26(30)15-20(19-8-5-4-6-9-19)21-17-28-22-10-7-11-24(32-2)27(21)22/h4-14,17,20,28H,15-16H2,1-3H3,(H,29,30). The highest BCUT2D eigenvalue weighted by Gasteiger charge is 2.23. The number of nitrogens with one attached hydrogen (secondary N) is 2. The molecule has 4 aromatic rings. The average molecular weight is 445 g/mol. The van der Waals surface area contributed by atoms with Gasteiger partial charge in [-0.1, -0.05) is 42.5 Å². The summed E-state index contributed by atoms with van der Waals surface area (Å²) in [6, 6.07) is 21.6. The van der Waals surface area contributed by atoms with Crippen LogP contribution in [0.25, 0.3) is 10.9 Å². The van der Waals surface area contributed by atoms with E-state index in [0.717, 1.165) is 33.3 Å². The van der Waals surface area contributed by atoms with Crippen LogP contribution in [0.4, 0.5) is 0 Å². The Labute approximate surface area is 193 Å². The molecule has 0 spiro atoms. The lowest BCUT2D eigenvalue weighted by atomic mass is 9.87. The molecule has 1 heterocycles. The largest absolute Gasteiger partial charge is 0.496 e. The van der Waals surface area contributed by atoms with Crippen LogP contribution < -0.4 is 19.5 Å². The van der Waals surface area contributed by atoms with Crippen molar-refractivity contribution < 1.29 is 19.0 Å². The molecule has 0 bridgehead atoms. The Bertz CT molecular complexity index is 1230. The third-order valence-electron chi connectivity index (χ3n) is 5.82. The van der Waals surface area contributed by atoms with Crippen molar-refractivity contribution in [3.63, 3.8) is 0 Å². The van der Waals surface area contributed by atoms with E-state index < -0.39 is 0 Å². The van der Waals surface area contributed by atoms with E-state index >= 15 is 0 Å². The SMILES string of the molecule is COc1ccc(CNC(=O)CC(c2ccccc2)c2c[nH]c3cccc(OC)c23)cc1OC. The van der Waals surface area contributed by atoms with Crippen molar-refractivity contribution in [3.8, 4) is 17.2 Å². The van der Waals surface area contributed by atoms with E-state index in [-0.39, 0.29) is 11.8 Å². The predicted molar refractivity (Wildman–Crippen MR) is 129 cm³/mol. The van der Waals surface area contributed by atoms with E-state index in [1.165, 1.54) is 0 Å². The summed E-state index contributed by atoms with van der Waals surface area (Å²) in [4.78, 5) is 16.4. The molecule has 2 N–H and O–H groups in total. The summed E-state index contributed by atoms with van der Waals surface area (Å²) in [7, 11) is 4.86. The summed E-state index contributed by atoms with van der Waals surface area (Å²) in [5.41, 5.74) is 4.03. The minimum absolute atomic E-state index is 0.0390. The first-order valence-electron chi connectivity index (χ1n) is 10.8. The summed E-state index contributed by atoms with van der Waals surface area (Å²) >= 11 is 0. The fraction of sp³-hybridized carbons (Fsp3) is 0.222. The van der Waals surface area contributed by atoms with Crippen LogP contribution in [0.1, 0.15) is 29.0 Å². The second-order valence-corrected chi connectivity index (χ2v) is 7.76. The molecule has 0 saturated heterocycles. The van der Waals surface area contributed by atoms with Gasteiger partial charge in [-0.3, -0.25) is 4.79 Å². The first-order valence-corrected chi connectivity index (χ1v) is 10.8. The minimum atomic E-state index is -0.123. The Morgan fingerprint density at radius 1 is 0.879 bits per heavy atom. The van der Waals surface area contributed by atoms with Crippen molar-refractivity contribution in [1.82, 2.24) is 10.3 Å². The summed E-state index contributed by atoms with van der Waals surface area (Å²) < 4.78 is 16.3. The van der Waals surface area contributed by atoms with E-state index in [9.17, 15) is 4.79 Å². The van der Waals surface area contributed by atoms with Gasteiger partial charge in [0.05, 0.1) is 21.3 Å². The number of fused-ring (bicyclic) bond motifs is 1. The Hall–Kier alpha value is -3.93. The van der Waals surface area contributed by atoms with Crippen molar-refractivity contribution in [3.05, 3.63) is 89.6 Å². The highest BCUT2D eigenvalue weighted by Crippen LogP contribution is 2.37. The van der Waals surface area contributed by atoms with Crippen molar-refractivity contribution in [2.24, 2.45) is 0 Å². The van der Waals surface area contributed by atoms with Crippen LogP contribution in [-0.2, 0) is 11.3 Å². The number of hydrogen-bond donors (Lipinski definition) is 2. The van der Waals surface area contributed by atoms with E-state index in [1.807, 2.05) is 60.8 Å². The molecular formula is C27H28N2O4. The molecule has 0 aliphatic heterocycles. The fourth-order valence-corrected chi connectivity index (χ4v) is 4.16. The predicted octanol–water partition coefficient (Wildman–Crippen LogP) is 5.03. The zero-order valence-electron chi connectivity index (χ0n) is 19.1. The average Bonchev–Trinajstić information content (AvgIpc) is 3.30. The van der Waals surface area contributed by atoms with E-state index in [4.69, 9.17) is 14.2 Å². The number of H-pyrrole nitrogens is 1. The summed E-state index contributed by atoms with van der Waals surface area (Å²) in [5.74, 6) is 1.92. The van der Waals surface area contributed by atoms with E-state index in [0.29, 0.717) is 24.5 Å². The monoisotopic (exact) mass is 444 g/mol. The molecule has 6 heteroatoms. The zero-order valence-corrected chi connectivity index (χ0v) is 19.1. The van der Waals surface area contributed by atoms with Gasteiger partial charge in [-0.25, -0.2) is 0 Å². The third kappa shape index (κ3) is 4.80. The molecule has 1 atom stereocenters. The maximum Gasteiger partial charge on any atom is 0.221 e. The van der Waals surface area contributed by atoms with Gasteiger partial charge in [0.1, 0.15) is 5.75 Å². The minimum Gasteiger partial charge on any atom is -0.496 e. The number of amides is 1. The molecule has 0 radical (unpaired) electrons. The molecule has 3 aromatic carbocycles. The Morgan fingerprint density at radius 3 is 2.36 bits per heavy atom.